The summed E-state index contributed by atoms with van der Waals surface area (Å²) in [4.78, 5) is 0. The van der Waals surface area contributed by atoms with Gasteiger partial charge in [0.25, 0.3) is 0 Å². The van der Waals surface area contributed by atoms with Gasteiger partial charge in [0.05, 0.1) is 14.2 Å². The van der Waals surface area contributed by atoms with Gasteiger partial charge in [0.15, 0.2) is 0 Å². The molecule has 0 N–H and O–H groups in total. The van der Waals surface area contributed by atoms with E-state index in [0.29, 0.717) is 0 Å². The first-order chi connectivity index (χ1) is 2.81. The Morgan fingerprint density at radius 1 is 1.33 bits per heavy atom. The minimum Gasteiger partial charge on any atom is -0.294 e. The second-order valence-corrected chi connectivity index (χ2v) is 2.43. The Balaban J connectivity index is 2.99. The molecule has 0 unspecified atom stereocenters. The van der Waals surface area contributed by atoms with Crippen LogP contribution in [0.1, 0.15) is 0 Å². The number of rotatable bonds is 2. The molecule has 4 heteroatoms. The molecule has 0 saturated carbocycles. The second kappa shape index (κ2) is 3.67. The lowest BCUT2D eigenvalue weighted by Crippen LogP contribution is -1.89. The standard InChI is InChI=1S/C2H6O2S2/c1-3-6(5)4-2/h1-2H3. The molecule has 6 heavy (non-hydrogen) atoms. The van der Waals surface area contributed by atoms with Crippen LogP contribution in [0.2, 0.25) is 0 Å². The zero-order valence-corrected chi connectivity index (χ0v) is 5.27. The van der Waals surface area contributed by atoms with Crippen LogP contribution in [-0.4, -0.2) is 14.2 Å². The van der Waals surface area contributed by atoms with Crippen LogP contribution in [0.5, 0.6) is 0 Å². The van der Waals surface area contributed by atoms with E-state index in [1.807, 2.05) is 0 Å². The van der Waals surface area contributed by atoms with Crippen molar-refractivity contribution in [2.75, 3.05) is 14.2 Å². The van der Waals surface area contributed by atoms with E-state index in [0.717, 1.165) is 0 Å². The van der Waals surface area contributed by atoms with Gasteiger partial charge < -0.3 is 0 Å². The van der Waals surface area contributed by atoms with Crippen molar-refractivity contribution in [3.8, 4) is 0 Å². The maximum atomic E-state index is 4.52. The Morgan fingerprint density at radius 3 is 1.67 bits per heavy atom. The molecule has 0 bridgehead atoms. The van der Waals surface area contributed by atoms with Crippen LogP contribution in [0, 0.1) is 0 Å². The van der Waals surface area contributed by atoms with Crippen molar-refractivity contribution in [3.05, 3.63) is 0 Å². The van der Waals surface area contributed by atoms with E-state index in [1.165, 1.54) is 14.2 Å². The predicted octanol–water partition coefficient (Wildman–Crippen LogP) is 0.189. The van der Waals surface area contributed by atoms with Gasteiger partial charge >= 0.3 is 0 Å². The zero-order valence-electron chi connectivity index (χ0n) is 3.63. The molecular weight excluding hydrogens is 120 g/mol. The maximum absolute atomic E-state index is 4.52. The molecule has 2 nitrogen and oxygen atoms in total. The van der Waals surface area contributed by atoms with E-state index >= 15 is 0 Å². The summed E-state index contributed by atoms with van der Waals surface area (Å²) in [6, 6.07) is 0. The van der Waals surface area contributed by atoms with E-state index in [4.69, 9.17) is 0 Å². The van der Waals surface area contributed by atoms with Crippen molar-refractivity contribution in [2.45, 2.75) is 0 Å². The highest BCUT2D eigenvalue weighted by atomic mass is 32.8. The SMILES string of the molecule is COS(=S)OC. The first-order valence-electron chi connectivity index (χ1n) is 1.32. The van der Waals surface area contributed by atoms with Crippen molar-refractivity contribution >= 4 is 21.2 Å². The van der Waals surface area contributed by atoms with Crippen molar-refractivity contribution in [1.82, 2.24) is 0 Å². The smallest absolute Gasteiger partial charge is 0.148 e. The van der Waals surface area contributed by atoms with Crippen LogP contribution in [0.15, 0.2) is 0 Å². The van der Waals surface area contributed by atoms with Crippen LogP contribution in [0.3, 0.4) is 0 Å². The van der Waals surface area contributed by atoms with E-state index in [9.17, 15) is 0 Å². The van der Waals surface area contributed by atoms with Crippen molar-refractivity contribution in [3.63, 3.8) is 0 Å². The van der Waals surface area contributed by atoms with Gasteiger partial charge in [-0.1, -0.05) is 0 Å². The molecule has 0 aromatic rings. The highest BCUT2D eigenvalue weighted by molar-refractivity contribution is 8.23. The molecule has 0 aliphatic rings. The van der Waals surface area contributed by atoms with Gasteiger partial charge in [-0.15, -0.1) is 0 Å². The summed E-state index contributed by atoms with van der Waals surface area (Å²) >= 11 is 4.52. The summed E-state index contributed by atoms with van der Waals surface area (Å²) in [6.45, 7) is 0. The van der Waals surface area contributed by atoms with Crippen LogP contribution in [0.4, 0.5) is 0 Å². The summed E-state index contributed by atoms with van der Waals surface area (Å²) < 4.78 is 9.04. The van der Waals surface area contributed by atoms with Gasteiger partial charge in [-0.3, -0.25) is 8.37 Å². The topological polar surface area (TPSA) is 18.5 Å². The fraction of sp³-hybridized carbons (Fsp3) is 1.00. The number of hydrogen-bond acceptors (Lipinski definition) is 3. The maximum Gasteiger partial charge on any atom is 0.148 e. The van der Waals surface area contributed by atoms with E-state index in [2.05, 4.69) is 19.6 Å². The molecule has 0 aromatic carbocycles. The van der Waals surface area contributed by atoms with Crippen molar-refractivity contribution in [2.24, 2.45) is 0 Å². The Bertz CT molecular complexity index is 47.5. The first-order valence-corrected chi connectivity index (χ1v) is 3.32. The van der Waals surface area contributed by atoms with Gasteiger partial charge in [0.1, 0.15) is 10.0 Å². The average Bonchev–Trinajstić information content (AvgIpc) is 1.65. The van der Waals surface area contributed by atoms with Crippen molar-refractivity contribution < 1.29 is 8.37 Å². The van der Waals surface area contributed by atoms with Crippen LogP contribution in [0.25, 0.3) is 0 Å². The molecule has 0 fully saturated rings. The van der Waals surface area contributed by atoms with Gasteiger partial charge in [-0.25, -0.2) is 0 Å². The van der Waals surface area contributed by atoms with Crippen LogP contribution < -0.4 is 0 Å². The largest absolute Gasteiger partial charge is 0.294 e. The molecule has 0 aliphatic heterocycles. The molecule has 0 spiro atoms. The Hall–Kier alpha value is 0.490. The summed E-state index contributed by atoms with van der Waals surface area (Å²) in [5.74, 6) is 0. The van der Waals surface area contributed by atoms with Crippen molar-refractivity contribution in [1.29, 1.82) is 0 Å². The summed E-state index contributed by atoms with van der Waals surface area (Å²) in [5, 5.41) is 0. The minimum absolute atomic E-state index is 0.701. The normalized spacial score (nSPS) is 9.83. The first kappa shape index (κ1) is 6.49. The highest BCUT2D eigenvalue weighted by Gasteiger charge is 1.78. The molecule has 0 saturated heterocycles. The van der Waals surface area contributed by atoms with Gasteiger partial charge in [0.2, 0.25) is 0 Å². The van der Waals surface area contributed by atoms with E-state index in [-0.39, 0.29) is 0 Å². The van der Waals surface area contributed by atoms with Gasteiger partial charge in [0, 0.05) is 11.2 Å². The third-order valence-electron chi connectivity index (χ3n) is 0.272. The molecule has 0 aromatic heterocycles. The highest BCUT2D eigenvalue weighted by Crippen LogP contribution is 1.78. The quantitative estimate of drug-likeness (QED) is 0.526. The molecule has 38 valence electrons. The van der Waals surface area contributed by atoms with E-state index in [1.54, 1.807) is 0 Å². The third-order valence-corrected chi connectivity index (χ3v) is 1.63. The summed E-state index contributed by atoms with van der Waals surface area (Å²) in [6.07, 6.45) is 0. The lowest BCUT2D eigenvalue weighted by Gasteiger charge is -1.91. The zero-order chi connectivity index (χ0) is 4.99. The molecule has 0 atom stereocenters. The Morgan fingerprint density at radius 2 is 1.67 bits per heavy atom. The average molecular weight is 126 g/mol. The molecule has 0 radical (unpaired) electrons. The van der Waals surface area contributed by atoms with E-state index < -0.39 is 10.0 Å². The van der Waals surface area contributed by atoms with Crippen LogP contribution in [-0.2, 0) is 29.6 Å². The molecule has 0 aliphatic carbocycles. The Kier molecular flexibility index (Phi) is 3.97. The monoisotopic (exact) mass is 126 g/mol. The summed E-state index contributed by atoms with van der Waals surface area (Å²) in [7, 11) is 2.33. The molecule has 0 amide bonds. The fourth-order valence-electron chi connectivity index (χ4n) is 0.0680. The summed E-state index contributed by atoms with van der Waals surface area (Å²) in [5.41, 5.74) is 0. The fourth-order valence-corrected chi connectivity index (χ4v) is 0.204. The molecule has 0 rings (SSSR count). The third kappa shape index (κ3) is 2.71. The predicted molar refractivity (Wildman–Crippen MR) is 28.7 cm³/mol. The lowest BCUT2D eigenvalue weighted by atomic mass is 11.8. The number of hydrogen-bond donors (Lipinski definition) is 0. The minimum atomic E-state index is -0.701. The molecular formula is C2H6O2S2. The molecule has 0 heterocycles. The second-order valence-electron chi connectivity index (χ2n) is 0.537. The van der Waals surface area contributed by atoms with Crippen LogP contribution >= 0.6 is 0 Å². The van der Waals surface area contributed by atoms with Gasteiger partial charge in [-0.2, -0.15) is 0 Å². The lowest BCUT2D eigenvalue weighted by molar-refractivity contribution is 0.376. The van der Waals surface area contributed by atoms with Gasteiger partial charge in [-0.05, 0) is 0 Å². The Labute approximate surface area is 44.5 Å².